The average Bonchev–Trinajstić information content (AvgIpc) is 2.77. The van der Waals surface area contributed by atoms with E-state index in [1.54, 1.807) is 0 Å². The van der Waals surface area contributed by atoms with Gasteiger partial charge in [-0.05, 0) is 6.92 Å². The van der Waals surface area contributed by atoms with Gasteiger partial charge in [-0.15, -0.1) is 0 Å². The molecule has 0 amide bonds. The highest BCUT2D eigenvalue weighted by atomic mass is 19.4. The van der Waals surface area contributed by atoms with Crippen molar-refractivity contribution in [1.82, 2.24) is 0 Å². The van der Waals surface area contributed by atoms with Crippen molar-refractivity contribution >= 4 is 0 Å². The largest absolute Gasteiger partial charge is 0.453 e. The lowest BCUT2D eigenvalue weighted by Crippen LogP contribution is -2.44. The molecule has 0 aliphatic rings. The lowest BCUT2D eigenvalue weighted by Gasteiger charge is -2.31. The molecule has 0 bridgehead atoms. The fourth-order valence-corrected chi connectivity index (χ4v) is 2.97. The number of aliphatic hydroxyl groups is 2. The van der Waals surface area contributed by atoms with Gasteiger partial charge in [0.1, 0.15) is 13.0 Å². The standard InChI is InChI=1S/C23H36F12O6/c1-16(6-39-12-17(2,9-36)11-38-5-4-19(24,25)8-22(30,31)32)41-14-18(3,10-37)13-40-15-20(26,27)7-21(28,29)23(33,34)35/h16,36-37H,4-15H2,1-3H3. The first-order valence-electron chi connectivity index (χ1n) is 12.1. The predicted octanol–water partition coefficient (Wildman–Crippen LogP) is 5.64. The molecule has 3 unspecified atom stereocenters. The third kappa shape index (κ3) is 17.0. The first kappa shape index (κ1) is 39.9. The second-order valence-corrected chi connectivity index (χ2v) is 10.8. The van der Waals surface area contributed by atoms with Gasteiger partial charge in [0.05, 0.1) is 65.4 Å². The van der Waals surface area contributed by atoms with Gasteiger partial charge in [0, 0.05) is 17.3 Å². The van der Waals surface area contributed by atoms with Gasteiger partial charge in [-0.1, -0.05) is 13.8 Å². The van der Waals surface area contributed by atoms with Gasteiger partial charge in [-0.2, -0.15) is 35.1 Å². The van der Waals surface area contributed by atoms with Crippen molar-refractivity contribution < 1.29 is 81.8 Å². The molecule has 41 heavy (non-hydrogen) atoms. The second-order valence-electron chi connectivity index (χ2n) is 10.8. The van der Waals surface area contributed by atoms with Crippen molar-refractivity contribution in [3.05, 3.63) is 0 Å². The van der Waals surface area contributed by atoms with Gasteiger partial charge in [0.25, 0.3) is 11.8 Å². The van der Waals surface area contributed by atoms with Crippen LogP contribution in [0.25, 0.3) is 0 Å². The molecule has 3 atom stereocenters. The average molecular weight is 637 g/mol. The summed E-state index contributed by atoms with van der Waals surface area (Å²) in [6.45, 7) is -1.19. The Balaban J connectivity index is 4.56. The summed E-state index contributed by atoms with van der Waals surface area (Å²) in [7, 11) is 0. The van der Waals surface area contributed by atoms with Crippen LogP contribution in [0.1, 0.15) is 40.0 Å². The van der Waals surface area contributed by atoms with Crippen LogP contribution in [0.5, 0.6) is 0 Å². The molecule has 0 saturated heterocycles. The Morgan fingerprint density at radius 2 is 1.10 bits per heavy atom. The Hall–Kier alpha value is -1.08. The number of alkyl halides is 12. The van der Waals surface area contributed by atoms with E-state index in [4.69, 9.17) is 14.2 Å². The molecule has 6 nitrogen and oxygen atoms in total. The maximum absolute atomic E-state index is 13.6. The Bertz CT molecular complexity index is 750. The number of aliphatic hydroxyl groups excluding tert-OH is 2. The fraction of sp³-hybridized carbons (Fsp3) is 1.00. The molecule has 0 aliphatic carbocycles. The SMILES string of the molecule is CC(COCC(C)(CO)COCCC(F)(F)CC(F)(F)F)OCC(C)(CO)COCC(F)(F)CC(F)(F)C(F)(F)F. The van der Waals surface area contributed by atoms with Crippen molar-refractivity contribution in [2.45, 2.75) is 76.3 Å². The highest BCUT2D eigenvalue weighted by Gasteiger charge is 2.61. The van der Waals surface area contributed by atoms with E-state index in [2.05, 4.69) is 4.74 Å². The van der Waals surface area contributed by atoms with Crippen LogP contribution in [-0.2, 0) is 18.9 Å². The minimum absolute atomic E-state index is 0.147. The first-order valence-corrected chi connectivity index (χ1v) is 12.1. The molecular formula is C23H36F12O6. The molecule has 2 N–H and O–H groups in total. The van der Waals surface area contributed by atoms with Crippen LogP contribution < -0.4 is 0 Å². The van der Waals surface area contributed by atoms with Gasteiger partial charge in [0.2, 0.25) is 0 Å². The predicted molar refractivity (Wildman–Crippen MR) is 119 cm³/mol. The van der Waals surface area contributed by atoms with E-state index in [0.717, 1.165) is 0 Å². The third-order valence-electron chi connectivity index (χ3n) is 5.46. The summed E-state index contributed by atoms with van der Waals surface area (Å²) in [5.74, 6) is -14.2. The molecule has 0 aromatic rings. The van der Waals surface area contributed by atoms with Gasteiger partial charge < -0.3 is 29.2 Å². The van der Waals surface area contributed by atoms with E-state index < -0.39 is 99.4 Å². The second kappa shape index (κ2) is 15.6. The molecule has 0 rings (SSSR count). The smallest absolute Gasteiger partial charge is 0.396 e. The highest BCUT2D eigenvalue weighted by Crippen LogP contribution is 2.43. The normalized spacial score (nSPS) is 17.8. The van der Waals surface area contributed by atoms with Gasteiger partial charge in [0.15, 0.2) is 0 Å². The molecule has 0 radical (unpaired) electrons. The molecule has 0 aliphatic heterocycles. The van der Waals surface area contributed by atoms with E-state index in [1.165, 1.54) is 20.8 Å². The number of halogens is 12. The molecule has 18 heteroatoms. The Morgan fingerprint density at radius 3 is 1.59 bits per heavy atom. The number of hydrogen-bond acceptors (Lipinski definition) is 6. The Morgan fingerprint density at radius 1 is 0.610 bits per heavy atom. The van der Waals surface area contributed by atoms with Crippen LogP contribution in [0.4, 0.5) is 52.7 Å². The van der Waals surface area contributed by atoms with Crippen molar-refractivity contribution in [3.8, 4) is 0 Å². The van der Waals surface area contributed by atoms with Gasteiger partial charge in [-0.3, -0.25) is 0 Å². The topological polar surface area (TPSA) is 77.4 Å². The summed E-state index contributed by atoms with van der Waals surface area (Å²) in [6, 6.07) is 0. The van der Waals surface area contributed by atoms with Crippen molar-refractivity contribution in [2.75, 3.05) is 59.5 Å². The van der Waals surface area contributed by atoms with E-state index in [9.17, 15) is 62.9 Å². The lowest BCUT2D eigenvalue weighted by molar-refractivity contribution is -0.303. The summed E-state index contributed by atoms with van der Waals surface area (Å²) in [6.07, 6.45) is -18.2. The maximum Gasteiger partial charge on any atom is 0.453 e. The Kier molecular flexibility index (Phi) is 15.2. The quantitative estimate of drug-likeness (QED) is 0.126. The number of rotatable bonds is 21. The highest BCUT2D eigenvalue weighted by molar-refractivity contribution is 4.84. The van der Waals surface area contributed by atoms with Crippen molar-refractivity contribution in [1.29, 1.82) is 0 Å². The summed E-state index contributed by atoms with van der Waals surface area (Å²) in [5.41, 5.74) is -2.49. The van der Waals surface area contributed by atoms with E-state index >= 15 is 0 Å². The number of ether oxygens (including phenoxy) is 4. The van der Waals surface area contributed by atoms with Gasteiger partial charge in [-0.25, -0.2) is 17.6 Å². The fourth-order valence-electron chi connectivity index (χ4n) is 2.97. The maximum atomic E-state index is 13.6. The van der Waals surface area contributed by atoms with Crippen molar-refractivity contribution in [2.24, 2.45) is 10.8 Å². The molecular weight excluding hydrogens is 600 g/mol. The molecule has 0 aromatic carbocycles. The van der Waals surface area contributed by atoms with Crippen LogP contribution in [0, 0.1) is 10.8 Å². The zero-order chi connectivity index (χ0) is 32.4. The third-order valence-corrected chi connectivity index (χ3v) is 5.46. The number of hydrogen-bond donors (Lipinski definition) is 2. The van der Waals surface area contributed by atoms with Crippen LogP contribution in [0.2, 0.25) is 0 Å². The summed E-state index contributed by atoms with van der Waals surface area (Å²) < 4.78 is 173. The molecule has 0 fully saturated rings. The van der Waals surface area contributed by atoms with Crippen LogP contribution >= 0.6 is 0 Å². The van der Waals surface area contributed by atoms with E-state index in [0.29, 0.717) is 0 Å². The van der Waals surface area contributed by atoms with Crippen LogP contribution in [0.15, 0.2) is 0 Å². The monoisotopic (exact) mass is 636 g/mol. The zero-order valence-corrected chi connectivity index (χ0v) is 22.6. The van der Waals surface area contributed by atoms with E-state index in [1.807, 2.05) is 0 Å². The lowest BCUT2D eigenvalue weighted by atomic mass is 9.94. The summed E-state index contributed by atoms with van der Waals surface area (Å²) >= 11 is 0. The minimum Gasteiger partial charge on any atom is -0.396 e. The molecule has 0 saturated carbocycles. The first-order chi connectivity index (χ1) is 18.3. The summed E-state index contributed by atoms with van der Waals surface area (Å²) in [5, 5.41) is 19.1. The molecule has 0 spiro atoms. The van der Waals surface area contributed by atoms with Crippen LogP contribution in [-0.4, -0.2) is 106 Å². The molecule has 0 aromatic heterocycles. The zero-order valence-electron chi connectivity index (χ0n) is 22.6. The summed E-state index contributed by atoms with van der Waals surface area (Å²) in [4.78, 5) is 0. The molecule has 248 valence electrons. The van der Waals surface area contributed by atoms with Gasteiger partial charge >= 0.3 is 18.3 Å². The van der Waals surface area contributed by atoms with Crippen LogP contribution in [0.3, 0.4) is 0 Å². The van der Waals surface area contributed by atoms with E-state index in [-0.39, 0.29) is 26.4 Å². The Labute approximate surface area is 229 Å². The minimum atomic E-state index is -6.17. The van der Waals surface area contributed by atoms with Crippen molar-refractivity contribution in [3.63, 3.8) is 0 Å². The molecule has 0 heterocycles.